The first-order chi connectivity index (χ1) is 13.9. The molecule has 0 saturated carbocycles. The highest BCUT2D eigenvalue weighted by Crippen LogP contribution is 2.32. The van der Waals surface area contributed by atoms with E-state index in [9.17, 15) is 9.59 Å². The highest BCUT2D eigenvalue weighted by Gasteiger charge is 2.17. The monoisotopic (exact) mass is 411 g/mol. The van der Waals surface area contributed by atoms with Gasteiger partial charge in [0.15, 0.2) is 0 Å². The summed E-state index contributed by atoms with van der Waals surface area (Å²) in [5.41, 5.74) is 7.15. The first-order valence-corrected chi connectivity index (χ1v) is 9.98. The number of carboxylic acids is 1. The van der Waals surface area contributed by atoms with E-state index in [0.717, 1.165) is 21.6 Å². The number of hydrogen-bond donors (Lipinski definition) is 3. The van der Waals surface area contributed by atoms with E-state index in [2.05, 4.69) is 4.98 Å². The summed E-state index contributed by atoms with van der Waals surface area (Å²) in [6.07, 6.45) is 1.45. The fourth-order valence-electron chi connectivity index (χ4n) is 2.91. The lowest BCUT2D eigenvalue weighted by molar-refractivity contribution is -0.137. The first kappa shape index (κ1) is 20.5. The van der Waals surface area contributed by atoms with Crippen molar-refractivity contribution in [1.29, 1.82) is 5.41 Å². The van der Waals surface area contributed by atoms with E-state index < -0.39 is 11.9 Å². The van der Waals surface area contributed by atoms with Crippen molar-refractivity contribution in [2.45, 2.75) is 32.1 Å². The summed E-state index contributed by atoms with van der Waals surface area (Å²) in [6, 6.07) is 11.6. The Balaban J connectivity index is 1.77. The Bertz CT molecular complexity index is 1060. The number of aromatic nitrogens is 1. The Labute approximate surface area is 171 Å². The summed E-state index contributed by atoms with van der Waals surface area (Å²) in [4.78, 5) is 28.0. The average molecular weight is 411 g/mol. The van der Waals surface area contributed by atoms with Crippen LogP contribution in [0.4, 0.5) is 0 Å². The zero-order valence-electron chi connectivity index (χ0n) is 15.8. The lowest BCUT2D eigenvalue weighted by Gasteiger charge is -2.09. The molecule has 1 atom stereocenters. The maximum atomic E-state index is 12.5. The van der Waals surface area contributed by atoms with Gasteiger partial charge >= 0.3 is 11.9 Å². The van der Waals surface area contributed by atoms with E-state index in [-0.39, 0.29) is 18.2 Å². The van der Waals surface area contributed by atoms with Crippen molar-refractivity contribution >= 4 is 39.3 Å². The molecule has 0 bridgehead atoms. The van der Waals surface area contributed by atoms with Crippen molar-refractivity contribution < 1.29 is 19.4 Å². The van der Waals surface area contributed by atoms with Gasteiger partial charge in [0.1, 0.15) is 11.6 Å². The third kappa shape index (κ3) is 4.97. The van der Waals surface area contributed by atoms with Crippen LogP contribution in [0.2, 0.25) is 0 Å². The van der Waals surface area contributed by atoms with Crippen LogP contribution in [-0.4, -0.2) is 27.9 Å². The maximum Gasteiger partial charge on any atom is 0.343 e. The molecule has 0 saturated heterocycles. The summed E-state index contributed by atoms with van der Waals surface area (Å²) < 4.78 is 6.25. The predicted molar refractivity (Wildman–Crippen MR) is 112 cm³/mol. The number of carboxylic acid groups (broad SMARTS) is 1. The number of hydrogen-bond acceptors (Lipinski definition) is 6. The molecule has 2 aromatic carbocycles. The predicted octanol–water partition coefficient (Wildman–Crippen LogP) is 4.16. The van der Waals surface area contributed by atoms with Crippen molar-refractivity contribution in [3.8, 4) is 5.75 Å². The van der Waals surface area contributed by atoms with Crippen LogP contribution < -0.4 is 10.5 Å². The van der Waals surface area contributed by atoms with Crippen molar-refractivity contribution in [3.05, 3.63) is 58.6 Å². The van der Waals surface area contributed by atoms with E-state index in [1.165, 1.54) is 11.3 Å². The third-order valence-electron chi connectivity index (χ3n) is 4.57. The van der Waals surface area contributed by atoms with Gasteiger partial charge in [0.05, 0.1) is 20.8 Å². The second kappa shape index (κ2) is 8.83. The number of carbonyl (C=O) groups is 2. The van der Waals surface area contributed by atoms with Gasteiger partial charge in [-0.1, -0.05) is 6.92 Å². The van der Waals surface area contributed by atoms with Gasteiger partial charge in [0.25, 0.3) is 0 Å². The topological polar surface area (TPSA) is 126 Å². The molecule has 150 valence electrons. The third-order valence-corrected chi connectivity index (χ3v) is 5.75. The van der Waals surface area contributed by atoms with E-state index in [0.29, 0.717) is 23.3 Å². The Morgan fingerprint density at radius 2 is 1.90 bits per heavy atom. The fourth-order valence-corrected chi connectivity index (χ4v) is 4.14. The van der Waals surface area contributed by atoms with Crippen molar-refractivity contribution in [2.24, 2.45) is 5.73 Å². The molecular weight excluding hydrogens is 390 g/mol. The molecule has 1 aromatic heterocycles. The smallest absolute Gasteiger partial charge is 0.343 e. The fraction of sp³-hybridized carbons (Fsp3) is 0.238. The number of carbonyl (C=O) groups excluding carboxylic acids is 1. The number of fused-ring (bicyclic) bond motifs is 1. The van der Waals surface area contributed by atoms with E-state index in [1.807, 2.05) is 6.92 Å². The quantitative estimate of drug-likeness (QED) is 0.221. The molecule has 0 aliphatic carbocycles. The number of thiazole rings is 1. The van der Waals surface area contributed by atoms with Crippen molar-refractivity contribution in [2.75, 3.05) is 0 Å². The molecular formula is C21H21N3O4S. The van der Waals surface area contributed by atoms with Gasteiger partial charge in [-0.05, 0) is 55.3 Å². The van der Waals surface area contributed by atoms with Gasteiger partial charge < -0.3 is 15.6 Å². The zero-order chi connectivity index (χ0) is 21.0. The van der Waals surface area contributed by atoms with Gasteiger partial charge in [-0.3, -0.25) is 10.2 Å². The summed E-state index contributed by atoms with van der Waals surface area (Å²) in [7, 11) is 0. The molecule has 0 fully saturated rings. The zero-order valence-corrected chi connectivity index (χ0v) is 16.7. The van der Waals surface area contributed by atoms with Crippen LogP contribution >= 0.6 is 11.3 Å². The second-order valence-corrected chi connectivity index (χ2v) is 7.66. The van der Waals surface area contributed by atoms with Crippen molar-refractivity contribution in [3.63, 3.8) is 0 Å². The molecule has 7 nitrogen and oxygen atoms in total. The summed E-state index contributed by atoms with van der Waals surface area (Å²) in [6.45, 7) is 2.01. The number of esters is 1. The molecule has 8 heteroatoms. The highest BCUT2D eigenvalue weighted by molar-refractivity contribution is 7.18. The first-order valence-electron chi connectivity index (χ1n) is 9.16. The molecule has 29 heavy (non-hydrogen) atoms. The second-order valence-electron chi connectivity index (χ2n) is 6.60. The summed E-state index contributed by atoms with van der Waals surface area (Å²) in [5.74, 6) is -0.909. The Morgan fingerprint density at radius 1 is 1.21 bits per heavy atom. The molecule has 0 radical (unpaired) electrons. The van der Waals surface area contributed by atoms with Gasteiger partial charge in [-0.2, -0.15) is 0 Å². The number of aliphatic carboxylic acids is 1. The van der Waals surface area contributed by atoms with Crippen LogP contribution in [0.5, 0.6) is 5.75 Å². The Kier molecular flexibility index (Phi) is 6.23. The molecule has 0 amide bonds. The van der Waals surface area contributed by atoms with Crippen LogP contribution in [0.25, 0.3) is 10.2 Å². The van der Waals surface area contributed by atoms with Gasteiger partial charge in [0, 0.05) is 17.9 Å². The molecule has 1 unspecified atom stereocenters. The van der Waals surface area contributed by atoms with E-state index in [1.54, 1.807) is 42.5 Å². The lowest BCUT2D eigenvalue weighted by atomic mass is 10.0. The molecule has 3 aromatic rings. The molecule has 1 heterocycles. The number of amidine groups is 1. The van der Waals surface area contributed by atoms with Crippen LogP contribution in [0.3, 0.4) is 0 Å². The largest absolute Gasteiger partial charge is 0.481 e. The minimum absolute atomic E-state index is 0.0527. The van der Waals surface area contributed by atoms with Crippen LogP contribution in [0.15, 0.2) is 42.5 Å². The van der Waals surface area contributed by atoms with Crippen LogP contribution in [0, 0.1) is 5.41 Å². The summed E-state index contributed by atoms with van der Waals surface area (Å²) in [5, 5.41) is 17.2. The average Bonchev–Trinajstić information content (AvgIpc) is 3.11. The maximum absolute atomic E-state index is 12.5. The van der Waals surface area contributed by atoms with Crippen LogP contribution in [-0.2, 0) is 4.79 Å². The minimum atomic E-state index is -0.814. The minimum Gasteiger partial charge on any atom is -0.481 e. The highest BCUT2D eigenvalue weighted by atomic mass is 32.1. The molecule has 3 rings (SSSR count). The Hall–Kier alpha value is -3.26. The number of nitrogen functional groups attached to an aromatic ring is 1. The molecule has 0 spiro atoms. The van der Waals surface area contributed by atoms with Gasteiger partial charge in [-0.25, -0.2) is 9.78 Å². The lowest BCUT2D eigenvalue weighted by Crippen LogP contribution is -2.11. The number of benzene rings is 2. The Morgan fingerprint density at radius 3 is 2.52 bits per heavy atom. The number of nitrogens with one attached hydrogen (secondary N) is 1. The molecule has 4 N–H and O–H groups in total. The van der Waals surface area contributed by atoms with E-state index >= 15 is 0 Å². The number of nitrogens with two attached hydrogens (primary N) is 1. The molecule has 0 aliphatic heterocycles. The van der Waals surface area contributed by atoms with Gasteiger partial charge in [0.2, 0.25) is 0 Å². The number of ether oxygens (including phenoxy) is 1. The number of rotatable bonds is 8. The standard InChI is InChI=1S/C21H21N3O4S/c1-2-12(6-10-18(25)26)20-24-16-9-5-14(11-17(16)29-20)21(27)28-15-7-3-13(4-8-15)19(22)23/h3-5,7-9,11-12H,2,6,10H2,1H3,(H3,22,23)(H,25,26). The number of nitrogens with zero attached hydrogens (tertiary/aromatic N) is 1. The van der Waals surface area contributed by atoms with Crippen molar-refractivity contribution in [1.82, 2.24) is 4.98 Å². The van der Waals surface area contributed by atoms with Crippen LogP contribution in [0.1, 0.15) is 53.0 Å². The normalized spacial score (nSPS) is 11.9. The summed E-state index contributed by atoms with van der Waals surface area (Å²) >= 11 is 1.48. The molecule has 0 aliphatic rings. The SMILES string of the molecule is CCC(CCC(=O)O)c1nc2ccc(C(=O)Oc3ccc(C(=N)N)cc3)cc2s1. The van der Waals surface area contributed by atoms with Gasteiger partial charge in [-0.15, -0.1) is 11.3 Å². The van der Waals surface area contributed by atoms with E-state index in [4.69, 9.17) is 21.0 Å².